The molecule has 0 spiro atoms. The van der Waals surface area contributed by atoms with E-state index in [2.05, 4.69) is 49.1 Å². The van der Waals surface area contributed by atoms with E-state index >= 15 is 0 Å². The Bertz CT molecular complexity index is 334. The van der Waals surface area contributed by atoms with Gasteiger partial charge in [-0.05, 0) is 45.1 Å². The molecule has 0 unspecified atom stereocenters. The number of hydrogen-bond acceptors (Lipinski definition) is 3. The fraction of sp³-hybridized carbons (Fsp3) is 0.750. The first-order valence-electron chi connectivity index (χ1n) is 5.95. The molecule has 1 fully saturated rings. The van der Waals surface area contributed by atoms with Crippen LogP contribution in [-0.4, -0.2) is 27.3 Å². The Kier molecular flexibility index (Phi) is 3.47. The van der Waals surface area contributed by atoms with Crippen molar-refractivity contribution in [3.63, 3.8) is 0 Å². The van der Waals surface area contributed by atoms with Crippen LogP contribution in [0.5, 0.6) is 0 Å². The van der Waals surface area contributed by atoms with Gasteiger partial charge >= 0.3 is 0 Å². The molecular formula is C12H21N3S. The smallest absolute Gasteiger partial charge is 0.0728 e. The molecule has 1 aliphatic rings. The monoisotopic (exact) mass is 239 g/mol. The van der Waals surface area contributed by atoms with Crippen LogP contribution in [0.3, 0.4) is 0 Å². The van der Waals surface area contributed by atoms with Gasteiger partial charge in [0.1, 0.15) is 0 Å². The largest absolute Gasteiger partial charge is 0.380 e. The highest BCUT2D eigenvalue weighted by molar-refractivity contribution is 7.99. The lowest BCUT2D eigenvalue weighted by atomic mass is 10.1. The second-order valence-corrected chi connectivity index (χ2v) is 6.60. The Labute approximate surface area is 102 Å². The average molecular weight is 239 g/mol. The summed E-state index contributed by atoms with van der Waals surface area (Å²) in [6, 6.07) is 0.638. The minimum atomic E-state index is 0.0718. The minimum absolute atomic E-state index is 0.0718. The van der Waals surface area contributed by atoms with E-state index in [9.17, 15) is 0 Å². The standard InChI is InChI=1S/C12H21N3S/c1-12(2,3)15-9-11(8-13-15)14-10-4-6-16-7-5-10/h8-10,14H,4-7H2,1-3H3. The maximum absolute atomic E-state index is 4.40. The number of aromatic nitrogens is 2. The molecule has 16 heavy (non-hydrogen) atoms. The van der Waals surface area contributed by atoms with Gasteiger partial charge in [-0.3, -0.25) is 4.68 Å². The Morgan fingerprint density at radius 3 is 2.62 bits per heavy atom. The first kappa shape index (κ1) is 11.8. The number of nitrogens with one attached hydrogen (secondary N) is 1. The summed E-state index contributed by atoms with van der Waals surface area (Å²) in [7, 11) is 0. The van der Waals surface area contributed by atoms with Gasteiger partial charge in [-0.15, -0.1) is 0 Å². The normalized spacial score (nSPS) is 18.7. The zero-order valence-corrected chi connectivity index (χ0v) is 11.2. The van der Waals surface area contributed by atoms with Crippen molar-refractivity contribution < 1.29 is 0 Å². The van der Waals surface area contributed by atoms with Gasteiger partial charge < -0.3 is 5.32 Å². The lowest BCUT2D eigenvalue weighted by molar-refractivity contribution is 0.355. The van der Waals surface area contributed by atoms with E-state index in [0.29, 0.717) is 6.04 Å². The predicted molar refractivity (Wildman–Crippen MR) is 71.2 cm³/mol. The summed E-state index contributed by atoms with van der Waals surface area (Å²) in [6.07, 6.45) is 6.59. The highest BCUT2D eigenvalue weighted by Gasteiger charge is 2.17. The maximum Gasteiger partial charge on any atom is 0.0728 e. The highest BCUT2D eigenvalue weighted by Crippen LogP contribution is 2.22. The summed E-state index contributed by atoms with van der Waals surface area (Å²) in [5.41, 5.74) is 1.23. The van der Waals surface area contributed by atoms with Gasteiger partial charge in [0.25, 0.3) is 0 Å². The lowest BCUT2D eigenvalue weighted by Crippen LogP contribution is -2.24. The van der Waals surface area contributed by atoms with Gasteiger partial charge in [0, 0.05) is 12.2 Å². The second kappa shape index (κ2) is 4.70. The third-order valence-corrected chi connectivity index (χ3v) is 3.91. The second-order valence-electron chi connectivity index (χ2n) is 5.38. The molecule has 4 heteroatoms. The van der Waals surface area contributed by atoms with E-state index in [1.807, 2.05) is 10.9 Å². The van der Waals surface area contributed by atoms with Gasteiger partial charge in [0.05, 0.1) is 17.4 Å². The molecule has 0 radical (unpaired) electrons. The van der Waals surface area contributed by atoms with Crippen LogP contribution >= 0.6 is 11.8 Å². The van der Waals surface area contributed by atoms with Crippen LogP contribution in [0.25, 0.3) is 0 Å². The molecular weight excluding hydrogens is 218 g/mol. The Hall–Kier alpha value is -0.640. The van der Waals surface area contributed by atoms with Crippen molar-refractivity contribution in [2.75, 3.05) is 16.8 Å². The van der Waals surface area contributed by atoms with Crippen LogP contribution in [0.4, 0.5) is 5.69 Å². The van der Waals surface area contributed by atoms with Gasteiger partial charge in [-0.25, -0.2) is 0 Å². The molecule has 0 bridgehead atoms. The predicted octanol–water partition coefficient (Wildman–Crippen LogP) is 2.95. The van der Waals surface area contributed by atoms with Crippen LogP contribution in [0.2, 0.25) is 0 Å². The average Bonchev–Trinajstić information content (AvgIpc) is 2.67. The van der Waals surface area contributed by atoms with Crippen molar-refractivity contribution in [3.8, 4) is 0 Å². The molecule has 2 heterocycles. The van der Waals surface area contributed by atoms with Crippen LogP contribution in [-0.2, 0) is 5.54 Å². The summed E-state index contributed by atoms with van der Waals surface area (Å²) in [4.78, 5) is 0. The zero-order chi connectivity index (χ0) is 11.6. The van der Waals surface area contributed by atoms with E-state index < -0.39 is 0 Å². The van der Waals surface area contributed by atoms with Crippen molar-refractivity contribution in [2.24, 2.45) is 0 Å². The molecule has 1 aromatic rings. The molecule has 0 aliphatic carbocycles. The van der Waals surface area contributed by atoms with Crippen LogP contribution in [0.15, 0.2) is 12.4 Å². The molecule has 1 saturated heterocycles. The van der Waals surface area contributed by atoms with Gasteiger partial charge in [0.15, 0.2) is 0 Å². The minimum Gasteiger partial charge on any atom is -0.380 e. The summed E-state index contributed by atoms with van der Waals surface area (Å²) in [6.45, 7) is 6.50. The number of anilines is 1. The Balaban J connectivity index is 1.97. The molecule has 0 saturated carbocycles. The molecule has 90 valence electrons. The Morgan fingerprint density at radius 2 is 2.06 bits per heavy atom. The van der Waals surface area contributed by atoms with E-state index in [0.717, 1.165) is 5.69 Å². The number of rotatable bonds is 2. The molecule has 1 N–H and O–H groups in total. The quantitative estimate of drug-likeness (QED) is 0.860. The molecule has 1 aliphatic heterocycles. The number of thioether (sulfide) groups is 1. The van der Waals surface area contributed by atoms with E-state index in [4.69, 9.17) is 0 Å². The van der Waals surface area contributed by atoms with E-state index in [1.165, 1.54) is 24.3 Å². The first-order chi connectivity index (χ1) is 7.55. The van der Waals surface area contributed by atoms with Crippen molar-refractivity contribution in [2.45, 2.75) is 45.2 Å². The molecule has 3 nitrogen and oxygen atoms in total. The van der Waals surface area contributed by atoms with E-state index in [1.54, 1.807) is 0 Å². The summed E-state index contributed by atoms with van der Waals surface area (Å²) in [5.74, 6) is 2.57. The summed E-state index contributed by atoms with van der Waals surface area (Å²) < 4.78 is 2.02. The number of nitrogens with zero attached hydrogens (tertiary/aromatic N) is 2. The van der Waals surface area contributed by atoms with Crippen molar-refractivity contribution >= 4 is 17.4 Å². The fourth-order valence-corrected chi connectivity index (χ4v) is 2.95. The highest BCUT2D eigenvalue weighted by atomic mass is 32.2. The topological polar surface area (TPSA) is 29.9 Å². The van der Waals surface area contributed by atoms with Crippen LogP contribution < -0.4 is 5.32 Å². The molecule has 0 amide bonds. The first-order valence-corrected chi connectivity index (χ1v) is 7.10. The molecule has 2 rings (SSSR count). The van der Waals surface area contributed by atoms with Gasteiger partial charge in [-0.2, -0.15) is 16.9 Å². The third kappa shape index (κ3) is 2.94. The SMILES string of the molecule is CC(C)(C)n1cc(NC2CCSCC2)cn1. The zero-order valence-electron chi connectivity index (χ0n) is 10.4. The van der Waals surface area contributed by atoms with Crippen molar-refractivity contribution in [1.82, 2.24) is 9.78 Å². The lowest BCUT2D eigenvalue weighted by Gasteiger charge is -2.23. The van der Waals surface area contributed by atoms with Crippen LogP contribution in [0.1, 0.15) is 33.6 Å². The van der Waals surface area contributed by atoms with Gasteiger partial charge in [0.2, 0.25) is 0 Å². The van der Waals surface area contributed by atoms with E-state index in [-0.39, 0.29) is 5.54 Å². The molecule has 0 aromatic carbocycles. The molecule has 0 atom stereocenters. The Morgan fingerprint density at radius 1 is 1.38 bits per heavy atom. The van der Waals surface area contributed by atoms with Crippen molar-refractivity contribution in [1.29, 1.82) is 0 Å². The molecule has 1 aromatic heterocycles. The van der Waals surface area contributed by atoms with Gasteiger partial charge in [-0.1, -0.05) is 0 Å². The van der Waals surface area contributed by atoms with Crippen LogP contribution in [0, 0.1) is 0 Å². The third-order valence-electron chi connectivity index (χ3n) is 2.86. The summed E-state index contributed by atoms with van der Waals surface area (Å²) in [5, 5.41) is 7.98. The summed E-state index contributed by atoms with van der Waals surface area (Å²) >= 11 is 2.06. The fourth-order valence-electron chi connectivity index (χ4n) is 1.84. The maximum atomic E-state index is 4.40. The van der Waals surface area contributed by atoms with Crippen molar-refractivity contribution in [3.05, 3.63) is 12.4 Å². The number of hydrogen-bond donors (Lipinski definition) is 1.